The molecule has 0 unspecified atom stereocenters. The number of imidazole rings is 1. The van der Waals surface area contributed by atoms with Gasteiger partial charge in [-0.15, -0.1) is 11.3 Å². The van der Waals surface area contributed by atoms with Gasteiger partial charge in [0.1, 0.15) is 15.7 Å². The van der Waals surface area contributed by atoms with Gasteiger partial charge in [-0.3, -0.25) is 4.79 Å². The standard InChI is InChI=1S/C16H19N5OS/c1-9(2)21-10(3)19-12-6-11(4-5-13(12)21)20-16(22)14-8-18-15(7-17)23-14/h4-6,8-9H,7,17H2,1-3H3,(H,20,22). The number of aryl methyl sites for hydroxylation is 1. The molecule has 0 aliphatic rings. The second-order valence-electron chi connectivity index (χ2n) is 5.60. The Kier molecular flexibility index (Phi) is 4.14. The molecule has 0 atom stereocenters. The molecule has 6 nitrogen and oxygen atoms in total. The van der Waals surface area contributed by atoms with Crippen molar-refractivity contribution >= 4 is 34.0 Å². The molecule has 120 valence electrons. The Balaban J connectivity index is 1.87. The molecule has 0 aliphatic carbocycles. The molecule has 2 heterocycles. The van der Waals surface area contributed by atoms with Gasteiger partial charge >= 0.3 is 0 Å². The molecule has 0 saturated carbocycles. The number of nitrogens with zero attached hydrogens (tertiary/aromatic N) is 3. The van der Waals surface area contributed by atoms with Gasteiger partial charge in [0.2, 0.25) is 0 Å². The van der Waals surface area contributed by atoms with Crippen molar-refractivity contribution in [3.63, 3.8) is 0 Å². The van der Waals surface area contributed by atoms with E-state index in [1.807, 2.05) is 25.1 Å². The molecule has 7 heteroatoms. The van der Waals surface area contributed by atoms with E-state index in [0.717, 1.165) is 27.6 Å². The maximum Gasteiger partial charge on any atom is 0.267 e. The SMILES string of the molecule is Cc1nc2cc(NC(=O)c3cnc(CN)s3)ccc2n1C(C)C. The van der Waals surface area contributed by atoms with Crippen LogP contribution in [0.4, 0.5) is 5.69 Å². The topological polar surface area (TPSA) is 85.8 Å². The Bertz CT molecular complexity index is 865. The highest BCUT2D eigenvalue weighted by molar-refractivity contribution is 7.13. The lowest BCUT2D eigenvalue weighted by atomic mass is 10.2. The number of hydrogen-bond donors (Lipinski definition) is 2. The van der Waals surface area contributed by atoms with E-state index >= 15 is 0 Å². The Hall–Kier alpha value is -2.25. The minimum Gasteiger partial charge on any atom is -0.326 e. The van der Waals surface area contributed by atoms with Gasteiger partial charge in [-0.25, -0.2) is 9.97 Å². The van der Waals surface area contributed by atoms with E-state index in [1.165, 1.54) is 11.3 Å². The molecule has 3 aromatic rings. The van der Waals surface area contributed by atoms with Gasteiger partial charge in [-0.1, -0.05) is 0 Å². The Labute approximate surface area is 138 Å². The highest BCUT2D eigenvalue weighted by atomic mass is 32.1. The lowest BCUT2D eigenvalue weighted by Gasteiger charge is -2.10. The number of anilines is 1. The molecular formula is C16H19N5OS. The second kappa shape index (κ2) is 6.10. The predicted octanol–water partition coefficient (Wildman–Crippen LogP) is 3.09. The maximum atomic E-state index is 12.3. The molecule has 23 heavy (non-hydrogen) atoms. The van der Waals surface area contributed by atoms with Crippen molar-refractivity contribution < 1.29 is 4.79 Å². The second-order valence-corrected chi connectivity index (χ2v) is 6.72. The highest BCUT2D eigenvalue weighted by Crippen LogP contribution is 2.24. The van der Waals surface area contributed by atoms with Crippen LogP contribution in [0.15, 0.2) is 24.4 Å². The van der Waals surface area contributed by atoms with Gasteiger partial charge in [-0.05, 0) is 39.0 Å². The van der Waals surface area contributed by atoms with Crippen molar-refractivity contribution in [3.05, 3.63) is 40.1 Å². The van der Waals surface area contributed by atoms with Gasteiger partial charge in [0.25, 0.3) is 5.91 Å². The molecule has 3 rings (SSSR count). The summed E-state index contributed by atoms with van der Waals surface area (Å²) >= 11 is 1.31. The zero-order chi connectivity index (χ0) is 16.6. The van der Waals surface area contributed by atoms with Gasteiger partial charge in [0.05, 0.1) is 17.2 Å². The molecular weight excluding hydrogens is 310 g/mol. The fourth-order valence-electron chi connectivity index (χ4n) is 2.65. The monoisotopic (exact) mass is 329 g/mol. The van der Waals surface area contributed by atoms with Crippen molar-refractivity contribution in [1.29, 1.82) is 0 Å². The van der Waals surface area contributed by atoms with E-state index in [0.29, 0.717) is 17.5 Å². The first-order chi connectivity index (χ1) is 11.0. The fourth-order valence-corrected chi connectivity index (χ4v) is 3.34. The van der Waals surface area contributed by atoms with Crippen molar-refractivity contribution in [2.45, 2.75) is 33.4 Å². The van der Waals surface area contributed by atoms with Gasteiger partial charge in [-0.2, -0.15) is 0 Å². The van der Waals surface area contributed by atoms with Crippen LogP contribution in [0, 0.1) is 6.92 Å². The summed E-state index contributed by atoms with van der Waals surface area (Å²) in [5, 5.41) is 3.63. The molecule has 0 saturated heterocycles. The van der Waals surface area contributed by atoms with Gasteiger partial charge < -0.3 is 15.6 Å². The number of fused-ring (bicyclic) bond motifs is 1. The Morgan fingerprint density at radius 2 is 2.22 bits per heavy atom. The lowest BCUT2D eigenvalue weighted by molar-refractivity contribution is 0.103. The maximum absolute atomic E-state index is 12.3. The average Bonchev–Trinajstić information content (AvgIpc) is 3.09. The molecule has 2 aromatic heterocycles. The normalized spacial score (nSPS) is 11.3. The molecule has 0 fully saturated rings. The van der Waals surface area contributed by atoms with Crippen LogP contribution in [0.1, 0.15) is 40.4 Å². The smallest absolute Gasteiger partial charge is 0.267 e. The predicted molar refractivity (Wildman–Crippen MR) is 92.8 cm³/mol. The van der Waals surface area contributed by atoms with Crippen molar-refractivity contribution in [3.8, 4) is 0 Å². The van der Waals surface area contributed by atoms with Crippen LogP contribution in [0.3, 0.4) is 0 Å². The number of nitrogens with one attached hydrogen (secondary N) is 1. The van der Waals surface area contributed by atoms with Crippen LogP contribution >= 0.6 is 11.3 Å². The van der Waals surface area contributed by atoms with Crippen molar-refractivity contribution in [2.75, 3.05) is 5.32 Å². The quantitative estimate of drug-likeness (QED) is 0.770. The number of carbonyl (C=O) groups is 1. The van der Waals surface area contributed by atoms with Crippen LogP contribution in [-0.4, -0.2) is 20.4 Å². The fraction of sp³-hybridized carbons (Fsp3) is 0.312. The summed E-state index contributed by atoms with van der Waals surface area (Å²) < 4.78 is 2.18. The Morgan fingerprint density at radius 3 is 2.87 bits per heavy atom. The van der Waals surface area contributed by atoms with E-state index < -0.39 is 0 Å². The first kappa shape index (κ1) is 15.6. The molecule has 0 bridgehead atoms. The number of nitrogens with two attached hydrogens (primary N) is 1. The van der Waals surface area contributed by atoms with E-state index in [-0.39, 0.29) is 5.91 Å². The molecule has 0 radical (unpaired) electrons. The van der Waals surface area contributed by atoms with Crippen LogP contribution in [0.25, 0.3) is 11.0 Å². The van der Waals surface area contributed by atoms with E-state index in [1.54, 1.807) is 6.20 Å². The number of carbonyl (C=O) groups excluding carboxylic acids is 1. The van der Waals surface area contributed by atoms with Crippen LogP contribution < -0.4 is 11.1 Å². The minimum atomic E-state index is -0.179. The summed E-state index contributed by atoms with van der Waals surface area (Å²) in [6, 6.07) is 6.12. The van der Waals surface area contributed by atoms with Gasteiger partial charge in [0, 0.05) is 18.3 Å². The summed E-state index contributed by atoms with van der Waals surface area (Å²) in [6.45, 7) is 6.59. The van der Waals surface area contributed by atoms with Crippen LogP contribution in [-0.2, 0) is 6.54 Å². The third-order valence-electron chi connectivity index (χ3n) is 3.59. The molecule has 1 aromatic carbocycles. The zero-order valence-corrected chi connectivity index (χ0v) is 14.1. The number of thiazole rings is 1. The van der Waals surface area contributed by atoms with E-state index in [2.05, 4.69) is 33.7 Å². The van der Waals surface area contributed by atoms with E-state index in [4.69, 9.17) is 5.73 Å². The number of rotatable bonds is 4. The largest absolute Gasteiger partial charge is 0.326 e. The molecule has 0 aliphatic heterocycles. The number of hydrogen-bond acceptors (Lipinski definition) is 5. The lowest BCUT2D eigenvalue weighted by Crippen LogP contribution is -2.10. The third kappa shape index (κ3) is 2.97. The first-order valence-corrected chi connectivity index (χ1v) is 8.26. The molecule has 3 N–H and O–H groups in total. The molecule has 0 spiro atoms. The summed E-state index contributed by atoms with van der Waals surface area (Å²) in [7, 11) is 0. The van der Waals surface area contributed by atoms with Crippen molar-refractivity contribution in [1.82, 2.24) is 14.5 Å². The number of benzene rings is 1. The summed E-state index contributed by atoms with van der Waals surface area (Å²) in [5.74, 6) is 0.787. The third-order valence-corrected chi connectivity index (χ3v) is 4.61. The highest BCUT2D eigenvalue weighted by Gasteiger charge is 2.13. The zero-order valence-electron chi connectivity index (χ0n) is 13.3. The van der Waals surface area contributed by atoms with Crippen molar-refractivity contribution in [2.24, 2.45) is 5.73 Å². The first-order valence-electron chi connectivity index (χ1n) is 7.44. The van der Waals surface area contributed by atoms with E-state index in [9.17, 15) is 4.79 Å². The summed E-state index contributed by atoms with van der Waals surface area (Å²) in [4.78, 5) is 21.5. The minimum absolute atomic E-state index is 0.179. The molecule has 1 amide bonds. The summed E-state index contributed by atoms with van der Waals surface area (Å²) in [5.41, 5.74) is 8.19. The average molecular weight is 329 g/mol. The van der Waals surface area contributed by atoms with Crippen LogP contribution in [0.5, 0.6) is 0 Å². The van der Waals surface area contributed by atoms with Crippen LogP contribution in [0.2, 0.25) is 0 Å². The summed E-state index contributed by atoms with van der Waals surface area (Å²) in [6.07, 6.45) is 1.55. The number of amides is 1. The number of aromatic nitrogens is 3. The Morgan fingerprint density at radius 1 is 1.43 bits per heavy atom. The van der Waals surface area contributed by atoms with Gasteiger partial charge in [0.15, 0.2) is 0 Å².